The van der Waals surface area contributed by atoms with E-state index >= 15 is 0 Å². The van der Waals surface area contributed by atoms with Gasteiger partial charge in [-0.2, -0.15) is 0 Å². The normalized spacial score (nSPS) is 26.9. The summed E-state index contributed by atoms with van der Waals surface area (Å²) in [5, 5.41) is 0. The molecule has 0 amide bonds. The van der Waals surface area contributed by atoms with Gasteiger partial charge in [0, 0.05) is 12.0 Å². The van der Waals surface area contributed by atoms with E-state index < -0.39 is 14.2 Å². The number of ether oxygens (including phenoxy) is 2. The summed E-state index contributed by atoms with van der Waals surface area (Å²) in [5.41, 5.74) is 0.0859. The van der Waals surface area contributed by atoms with Gasteiger partial charge in [0.1, 0.15) is 8.80 Å². The van der Waals surface area contributed by atoms with Crippen LogP contribution >= 0.6 is 0 Å². The number of allylic oxidation sites excluding steroid dienone is 1. The van der Waals surface area contributed by atoms with Gasteiger partial charge in [0.05, 0.1) is 6.61 Å². The van der Waals surface area contributed by atoms with Gasteiger partial charge in [0.2, 0.25) is 0 Å². The first-order valence-electron chi connectivity index (χ1n) is 6.02. The largest absolute Gasteiger partial charge is 0.434 e. The Hall–Kier alpha value is -0.613. The van der Waals surface area contributed by atoms with E-state index in [2.05, 4.69) is 13.1 Å². The summed E-state index contributed by atoms with van der Waals surface area (Å²) in [6, 6.07) is 0. The highest BCUT2D eigenvalue weighted by Gasteiger charge is 2.41. The highest BCUT2D eigenvalue weighted by Crippen LogP contribution is 2.29. The van der Waals surface area contributed by atoms with E-state index in [9.17, 15) is 4.79 Å². The third-order valence-corrected chi connectivity index (χ3v) is 5.50. The molecular formula is C12H22O3Si. The Kier molecular flexibility index (Phi) is 4.74. The molecule has 92 valence electrons. The number of hydrogen-bond donors (Lipinski definition) is 0. The lowest BCUT2D eigenvalue weighted by Crippen LogP contribution is -2.51. The number of hydrogen-bond acceptors (Lipinski definition) is 3. The first-order valence-corrected chi connectivity index (χ1v) is 8.90. The van der Waals surface area contributed by atoms with E-state index in [1.54, 1.807) is 13.0 Å². The zero-order valence-corrected chi connectivity index (χ0v) is 11.9. The summed E-state index contributed by atoms with van der Waals surface area (Å²) < 4.78 is 11.4. The van der Waals surface area contributed by atoms with Crippen molar-refractivity contribution >= 4 is 14.8 Å². The van der Waals surface area contributed by atoms with Crippen molar-refractivity contribution in [2.24, 2.45) is 0 Å². The first-order chi connectivity index (χ1) is 7.52. The van der Waals surface area contributed by atoms with Crippen LogP contribution in [0.1, 0.15) is 33.1 Å². The molecule has 0 aromatic carbocycles. The topological polar surface area (TPSA) is 35.5 Å². The van der Waals surface area contributed by atoms with Crippen LogP contribution in [-0.2, 0) is 14.3 Å². The Morgan fingerprint density at radius 2 is 2.12 bits per heavy atom. The van der Waals surface area contributed by atoms with E-state index in [0.29, 0.717) is 12.2 Å². The lowest BCUT2D eigenvalue weighted by Gasteiger charge is -2.39. The first kappa shape index (κ1) is 13.5. The molecule has 0 radical (unpaired) electrons. The van der Waals surface area contributed by atoms with Crippen LogP contribution in [-0.4, -0.2) is 26.8 Å². The van der Waals surface area contributed by atoms with Crippen molar-refractivity contribution in [3.8, 4) is 0 Å². The van der Waals surface area contributed by atoms with E-state index in [-0.39, 0.29) is 5.97 Å². The SMILES string of the molecule is CC=C(C)C(=O)OC1([SiH](C)C)CCCCO1. The molecule has 4 heteroatoms. The van der Waals surface area contributed by atoms with Crippen molar-refractivity contribution in [1.29, 1.82) is 0 Å². The third kappa shape index (κ3) is 2.95. The van der Waals surface area contributed by atoms with Crippen molar-refractivity contribution in [1.82, 2.24) is 0 Å². The molecule has 0 aliphatic carbocycles. The standard InChI is InChI=1S/C12H22O3Si/c1-5-10(2)11(13)15-12(16(3)4)8-6-7-9-14-12/h5,16H,6-9H2,1-4H3. The summed E-state index contributed by atoms with van der Waals surface area (Å²) in [5.74, 6) is -0.231. The van der Waals surface area contributed by atoms with Gasteiger partial charge in [-0.1, -0.05) is 19.2 Å². The second-order valence-corrected chi connectivity index (χ2v) is 7.82. The van der Waals surface area contributed by atoms with Crippen molar-refractivity contribution in [2.45, 2.75) is 51.6 Å². The maximum absolute atomic E-state index is 11.8. The molecule has 3 nitrogen and oxygen atoms in total. The van der Waals surface area contributed by atoms with Gasteiger partial charge in [-0.3, -0.25) is 0 Å². The van der Waals surface area contributed by atoms with E-state index in [1.165, 1.54) is 0 Å². The summed E-state index contributed by atoms with van der Waals surface area (Å²) in [6.07, 6.45) is 4.80. The van der Waals surface area contributed by atoms with Crippen LogP contribution < -0.4 is 0 Å². The van der Waals surface area contributed by atoms with Crippen LogP contribution in [0.25, 0.3) is 0 Å². The minimum Gasteiger partial charge on any atom is -0.434 e. The quantitative estimate of drug-likeness (QED) is 0.433. The third-order valence-electron chi connectivity index (χ3n) is 3.17. The zero-order valence-electron chi connectivity index (χ0n) is 10.7. The molecule has 0 spiro atoms. The number of esters is 1. The van der Waals surface area contributed by atoms with Crippen molar-refractivity contribution in [3.63, 3.8) is 0 Å². The van der Waals surface area contributed by atoms with Crippen LogP contribution in [0.15, 0.2) is 11.6 Å². The predicted molar refractivity (Wildman–Crippen MR) is 66.9 cm³/mol. The number of carbonyl (C=O) groups excluding carboxylic acids is 1. The van der Waals surface area contributed by atoms with Gasteiger partial charge in [-0.05, 0) is 26.7 Å². The molecule has 16 heavy (non-hydrogen) atoms. The Labute approximate surface area is 99.4 Å². The van der Waals surface area contributed by atoms with E-state index in [0.717, 1.165) is 19.3 Å². The van der Waals surface area contributed by atoms with E-state index in [1.807, 2.05) is 6.92 Å². The van der Waals surface area contributed by atoms with Crippen molar-refractivity contribution in [3.05, 3.63) is 11.6 Å². The molecule has 1 aliphatic heterocycles. The molecule has 1 heterocycles. The Morgan fingerprint density at radius 3 is 2.56 bits per heavy atom. The molecule has 1 unspecified atom stereocenters. The second-order valence-electron chi connectivity index (χ2n) is 4.63. The maximum Gasteiger partial charge on any atom is 0.335 e. The summed E-state index contributed by atoms with van der Waals surface area (Å²) in [7, 11) is -1.19. The Morgan fingerprint density at radius 1 is 1.44 bits per heavy atom. The van der Waals surface area contributed by atoms with Crippen molar-refractivity contribution in [2.75, 3.05) is 6.61 Å². The molecule has 1 aliphatic rings. The summed E-state index contributed by atoms with van der Waals surface area (Å²) in [6.45, 7) is 8.68. The Bertz CT molecular complexity index is 278. The van der Waals surface area contributed by atoms with Gasteiger partial charge in [-0.25, -0.2) is 4.79 Å². The molecule has 0 bridgehead atoms. The van der Waals surface area contributed by atoms with Crippen LogP contribution in [0.2, 0.25) is 13.1 Å². The molecule has 0 saturated carbocycles. The second kappa shape index (κ2) is 5.64. The van der Waals surface area contributed by atoms with E-state index in [4.69, 9.17) is 9.47 Å². The van der Waals surface area contributed by atoms with Gasteiger partial charge in [-0.15, -0.1) is 0 Å². The highest BCUT2D eigenvalue weighted by atomic mass is 28.3. The summed E-state index contributed by atoms with van der Waals surface area (Å²) >= 11 is 0. The van der Waals surface area contributed by atoms with Crippen LogP contribution in [0.3, 0.4) is 0 Å². The average Bonchev–Trinajstić information content (AvgIpc) is 2.28. The van der Waals surface area contributed by atoms with Crippen LogP contribution in [0.4, 0.5) is 0 Å². The van der Waals surface area contributed by atoms with Gasteiger partial charge >= 0.3 is 5.97 Å². The Balaban J connectivity index is 2.75. The molecule has 0 N–H and O–H groups in total. The highest BCUT2D eigenvalue weighted by molar-refractivity contribution is 6.58. The van der Waals surface area contributed by atoms with Crippen LogP contribution in [0.5, 0.6) is 0 Å². The smallest absolute Gasteiger partial charge is 0.335 e. The molecule has 1 fully saturated rings. The van der Waals surface area contributed by atoms with Gasteiger partial charge in [0.15, 0.2) is 5.41 Å². The zero-order chi connectivity index (χ0) is 12.2. The maximum atomic E-state index is 11.8. The van der Waals surface area contributed by atoms with Gasteiger partial charge in [0.25, 0.3) is 0 Å². The molecule has 0 aromatic rings. The molecule has 1 rings (SSSR count). The molecular weight excluding hydrogens is 220 g/mol. The number of rotatable bonds is 3. The minimum absolute atomic E-state index is 0.231. The average molecular weight is 242 g/mol. The summed E-state index contributed by atoms with van der Waals surface area (Å²) in [4.78, 5) is 11.8. The lowest BCUT2D eigenvalue weighted by atomic mass is 10.2. The van der Waals surface area contributed by atoms with Crippen molar-refractivity contribution < 1.29 is 14.3 Å². The molecule has 1 atom stereocenters. The number of carbonyl (C=O) groups is 1. The predicted octanol–water partition coefficient (Wildman–Crippen LogP) is 2.42. The minimum atomic E-state index is -1.19. The monoisotopic (exact) mass is 242 g/mol. The van der Waals surface area contributed by atoms with Crippen LogP contribution in [0, 0.1) is 0 Å². The molecule has 0 aromatic heterocycles. The fourth-order valence-corrected chi connectivity index (χ4v) is 3.37. The molecule has 1 saturated heterocycles. The fraction of sp³-hybridized carbons (Fsp3) is 0.750. The van der Waals surface area contributed by atoms with Gasteiger partial charge < -0.3 is 9.47 Å². The lowest BCUT2D eigenvalue weighted by molar-refractivity contribution is -0.205. The fourth-order valence-electron chi connectivity index (χ4n) is 1.80.